The molecule has 0 bridgehead atoms. The molecule has 1 atom stereocenters. The van der Waals surface area contributed by atoms with Gasteiger partial charge in [0.1, 0.15) is 17.3 Å². The fourth-order valence-corrected chi connectivity index (χ4v) is 3.67. The van der Waals surface area contributed by atoms with Crippen LogP contribution in [0.15, 0.2) is 54.6 Å². The largest absolute Gasteiger partial charge is 0.439 e. The van der Waals surface area contributed by atoms with Crippen molar-refractivity contribution in [2.75, 3.05) is 26.3 Å². The normalized spacial score (nSPS) is 12.3. The van der Waals surface area contributed by atoms with Gasteiger partial charge in [0.05, 0.1) is 18.3 Å². The van der Waals surface area contributed by atoms with Crippen molar-refractivity contribution in [1.29, 1.82) is 0 Å². The first kappa shape index (κ1) is 23.9. The smallest absolute Gasteiger partial charge is 0.222 e. The number of aliphatic hydroxyl groups is 1. The predicted molar refractivity (Wildman–Crippen MR) is 123 cm³/mol. The van der Waals surface area contributed by atoms with Gasteiger partial charge in [-0.3, -0.25) is 4.90 Å². The molecular formula is C25H32FN3O3. The lowest BCUT2D eigenvalue weighted by Gasteiger charge is -2.25. The summed E-state index contributed by atoms with van der Waals surface area (Å²) in [4.78, 5) is 2.17. The van der Waals surface area contributed by atoms with Crippen molar-refractivity contribution in [3.63, 3.8) is 0 Å². The minimum atomic E-state index is -0.592. The highest BCUT2D eigenvalue weighted by atomic mass is 19.1. The molecule has 1 N–H and O–H groups in total. The average molecular weight is 442 g/mol. The van der Waals surface area contributed by atoms with Crippen LogP contribution in [0, 0.1) is 5.82 Å². The van der Waals surface area contributed by atoms with Gasteiger partial charge < -0.3 is 14.6 Å². The Morgan fingerprint density at radius 1 is 1.12 bits per heavy atom. The summed E-state index contributed by atoms with van der Waals surface area (Å²) in [5.74, 6) is 0.600. The van der Waals surface area contributed by atoms with Crippen LogP contribution in [-0.2, 0) is 18.3 Å². The van der Waals surface area contributed by atoms with E-state index in [-0.39, 0.29) is 5.82 Å². The molecule has 2 aromatic carbocycles. The number of benzene rings is 2. The Bertz CT molecular complexity index is 978. The Morgan fingerprint density at radius 3 is 2.59 bits per heavy atom. The first-order valence-electron chi connectivity index (χ1n) is 11.0. The lowest BCUT2D eigenvalue weighted by Crippen LogP contribution is -2.35. The second kappa shape index (κ2) is 11.8. The summed E-state index contributed by atoms with van der Waals surface area (Å²) in [7, 11) is 1.82. The fraction of sp³-hybridized carbons (Fsp3) is 0.400. The van der Waals surface area contributed by atoms with Gasteiger partial charge >= 0.3 is 0 Å². The van der Waals surface area contributed by atoms with Gasteiger partial charge in [0.25, 0.3) is 0 Å². The molecule has 1 aromatic heterocycles. The molecule has 32 heavy (non-hydrogen) atoms. The number of ether oxygens (including phenoxy) is 2. The van der Waals surface area contributed by atoms with Crippen molar-refractivity contribution in [2.45, 2.75) is 32.9 Å². The lowest BCUT2D eigenvalue weighted by molar-refractivity contribution is 0.0195. The maximum Gasteiger partial charge on any atom is 0.222 e. The molecule has 172 valence electrons. The second-order valence-corrected chi connectivity index (χ2v) is 7.73. The molecule has 0 aliphatic heterocycles. The average Bonchev–Trinajstić information content (AvgIpc) is 3.08. The number of nitrogens with zero attached hydrogens (tertiary/aromatic N) is 3. The summed E-state index contributed by atoms with van der Waals surface area (Å²) in [6.07, 6.45) is 0.341. The molecule has 0 aliphatic carbocycles. The first-order valence-corrected chi connectivity index (χ1v) is 11.0. The second-order valence-electron chi connectivity index (χ2n) is 7.73. The van der Waals surface area contributed by atoms with E-state index >= 15 is 0 Å². The number of rotatable bonds is 12. The van der Waals surface area contributed by atoms with Gasteiger partial charge in [-0.2, -0.15) is 5.10 Å². The predicted octanol–water partition coefficient (Wildman–Crippen LogP) is 4.63. The lowest BCUT2D eigenvalue weighted by atomic mass is 10.1. The third-order valence-corrected chi connectivity index (χ3v) is 5.05. The SMILES string of the molecule is CCCN(Cc1c(-c2ccccc2)nn(C)c1Oc1cccc(F)c1)CC(O)COCC. The Morgan fingerprint density at radius 2 is 1.91 bits per heavy atom. The molecule has 1 heterocycles. The quantitative estimate of drug-likeness (QED) is 0.444. The number of aryl methyl sites for hydroxylation is 1. The third kappa shape index (κ3) is 6.38. The van der Waals surface area contributed by atoms with Crippen molar-refractivity contribution in [3.05, 3.63) is 66.0 Å². The summed E-state index contributed by atoms with van der Waals surface area (Å²) in [5, 5.41) is 15.1. The van der Waals surface area contributed by atoms with Crippen molar-refractivity contribution in [3.8, 4) is 22.9 Å². The number of hydrogen-bond donors (Lipinski definition) is 1. The molecule has 0 spiro atoms. The zero-order chi connectivity index (χ0) is 22.9. The van der Waals surface area contributed by atoms with E-state index < -0.39 is 6.10 Å². The minimum absolute atomic E-state index is 0.294. The molecule has 3 aromatic rings. The number of aliphatic hydroxyl groups excluding tert-OH is 1. The molecule has 0 radical (unpaired) electrons. The zero-order valence-corrected chi connectivity index (χ0v) is 19.0. The van der Waals surface area contributed by atoms with Gasteiger partial charge in [-0.05, 0) is 32.0 Å². The highest BCUT2D eigenvalue weighted by Gasteiger charge is 2.23. The van der Waals surface area contributed by atoms with E-state index in [1.165, 1.54) is 12.1 Å². The van der Waals surface area contributed by atoms with Crippen molar-refractivity contribution < 1.29 is 19.0 Å². The van der Waals surface area contributed by atoms with Crippen LogP contribution in [0.1, 0.15) is 25.8 Å². The van der Waals surface area contributed by atoms with E-state index in [4.69, 9.17) is 14.6 Å². The molecule has 0 saturated heterocycles. The van der Waals surface area contributed by atoms with Crippen LogP contribution in [0.2, 0.25) is 0 Å². The van der Waals surface area contributed by atoms with E-state index in [2.05, 4.69) is 11.8 Å². The molecule has 0 amide bonds. The van der Waals surface area contributed by atoms with E-state index in [0.717, 1.165) is 29.8 Å². The summed E-state index contributed by atoms with van der Waals surface area (Å²) >= 11 is 0. The van der Waals surface area contributed by atoms with Gasteiger partial charge in [0, 0.05) is 38.4 Å². The Balaban J connectivity index is 1.96. The van der Waals surface area contributed by atoms with Gasteiger partial charge in [-0.1, -0.05) is 43.3 Å². The standard InChI is InChI=1S/C25H32FN3O3/c1-4-14-29(16-21(30)18-31-5-2)17-23-24(19-10-7-6-8-11-19)27-28(3)25(23)32-22-13-9-12-20(26)15-22/h6-13,15,21,30H,4-5,14,16-18H2,1-3H3. The maximum absolute atomic E-state index is 13.7. The third-order valence-electron chi connectivity index (χ3n) is 5.05. The van der Waals surface area contributed by atoms with Crippen molar-refractivity contribution >= 4 is 0 Å². The number of halogens is 1. The highest BCUT2D eigenvalue weighted by Crippen LogP contribution is 2.34. The van der Waals surface area contributed by atoms with Crippen LogP contribution in [0.3, 0.4) is 0 Å². The van der Waals surface area contributed by atoms with Crippen LogP contribution in [-0.4, -0.2) is 52.2 Å². The van der Waals surface area contributed by atoms with Crippen molar-refractivity contribution in [1.82, 2.24) is 14.7 Å². The monoisotopic (exact) mass is 441 g/mol. The first-order chi connectivity index (χ1) is 15.5. The zero-order valence-electron chi connectivity index (χ0n) is 19.0. The topological polar surface area (TPSA) is 59.8 Å². The van der Waals surface area contributed by atoms with Gasteiger partial charge in [0.15, 0.2) is 0 Å². The molecule has 6 nitrogen and oxygen atoms in total. The van der Waals surface area contributed by atoms with E-state index in [1.807, 2.05) is 44.3 Å². The Hall–Kier alpha value is -2.74. The molecule has 0 aliphatic rings. The van der Waals surface area contributed by atoms with E-state index in [1.54, 1.807) is 16.8 Å². The maximum atomic E-state index is 13.7. The van der Waals surface area contributed by atoms with E-state index in [9.17, 15) is 9.50 Å². The fourth-order valence-electron chi connectivity index (χ4n) is 3.67. The van der Waals surface area contributed by atoms with Crippen LogP contribution in [0.4, 0.5) is 4.39 Å². The van der Waals surface area contributed by atoms with Gasteiger partial charge in [-0.25, -0.2) is 9.07 Å². The number of aromatic nitrogens is 2. The molecule has 1 unspecified atom stereocenters. The molecular weight excluding hydrogens is 409 g/mol. The van der Waals surface area contributed by atoms with Gasteiger partial charge in [0.2, 0.25) is 5.88 Å². The molecule has 7 heteroatoms. The van der Waals surface area contributed by atoms with Crippen LogP contribution >= 0.6 is 0 Å². The highest BCUT2D eigenvalue weighted by molar-refractivity contribution is 5.65. The summed E-state index contributed by atoms with van der Waals surface area (Å²) in [6, 6.07) is 16.0. The molecule has 3 rings (SSSR count). The summed E-state index contributed by atoms with van der Waals surface area (Å²) < 4.78 is 26.9. The van der Waals surface area contributed by atoms with Crippen LogP contribution < -0.4 is 4.74 Å². The van der Waals surface area contributed by atoms with Crippen LogP contribution in [0.5, 0.6) is 11.6 Å². The van der Waals surface area contributed by atoms with Crippen molar-refractivity contribution in [2.24, 2.45) is 7.05 Å². The molecule has 0 saturated carbocycles. The minimum Gasteiger partial charge on any atom is -0.439 e. The Labute approximate surface area is 189 Å². The Kier molecular flexibility index (Phi) is 8.79. The summed E-state index contributed by atoms with van der Waals surface area (Å²) in [6.45, 7) is 6.67. The van der Waals surface area contributed by atoms with Crippen LogP contribution in [0.25, 0.3) is 11.3 Å². The van der Waals surface area contributed by atoms with Gasteiger partial charge in [-0.15, -0.1) is 0 Å². The van der Waals surface area contributed by atoms with E-state index in [0.29, 0.717) is 37.9 Å². The number of hydrogen-bond acceptors (Lipinski definition) is 5. The molecule has 0 fully saturated rings. The summed E-state index contributed by atoms with van der Waals surface area (Å²) in [5.41, 5.74) is 2.67.